The molecule has 0 aliphatic rings. The number of anilines is 1. The Kier molecular flexibility index (Phi) is 11.9. The zero-order valence-corrected chi connectivity index (χ0v) is 27.1. The first kappa shape index (κ1) is 33.4. The monoisotopic (exact) mass is 631 g/mol. The third-order valence-electron chi connectivity index (χ3n) is 7.27. The highest BCUT2D eigenvalue weighted by atomic mass is 35.5. The number of nitrogens with zero attached hydrogens (tertiary/aromatic N) is 2. The summed E-state index contributed by atoms with van der Waals surface area (Å²) < 4.78 is 29.2. The summed E-state index contributed by atoms with van der Waals surface area (Å²) in [5, 5.41) is 3.61. The molecule has 10 heteroatoms. The molecule has 0 spiro atoms. The van der Waals surface area contributed by atoms with E-state index >= 15 is 0 Å². The Hall–Kier alpha value is -3.07. The van der Waals surface area contributed by atoms with Crippen molar-refractivity contribution in [3.8, 4) is 0 Å². The number of halogens is 2. The van der Waals surface area contributed by atoms with E-state index in [4.69, 9.17) is 23.2 Å². The lowest BCUT2D eigenvalue weighted by molar-refractivity contribution is -0.140. The van der Waals surface area contributed by atoms with E-state index in [-0.39, 0.29) is 17.3 Å². The Bertz CT molecular complexity index is 1490. The predicted molar refractivity (Wildman–Crippen MR) is 171 cm³/mol. The van der Waals surface area contributed by atoms with Crippen LogP contribution in [0.1, 0.15) is 55.4 Å². The molecule has 0 radical (unpaired) electrons. The molecule has 1 N–H and O–H groups in total. The standard InChI is InChI=1S/C32H39Cl2N3O4S/c1-6-8-18-35-32(39)30(7-2)36(20-27-28(33)10-9-11-29(27)34)31(38)21-37(25-15-14-23(4)24(5)19-25)42(40,41)26-16-12-22(3)13-17-26/h9-17,19,30H,6-8,18,20-21H2,1-5H3,(H,35,39). The molecule has 0 heterocycles. The number of aryl methyl sites for hydroxylation is 3. The summed E-state index contributed by atoms with van der Waals surface area (Å²) in [6.45, 7) is 9.39. The van der Waals surface area contributed by atoms with Crippen LogP contribution in [0.2, 0.25) is 10.0 Å². The molecule has 0 saturated carbocycles. The lowest BCUT2D eigenvalue weighted by atomic mass is 10.1. The second kappa shape index (κ2) is 14.9. The minimum absolute atomic E-state index is 0.0594. The molecule has 7 nitrogen and oxygen atoms in total. The lowest BCUT2D eigenvalue weighted by Crippen LogP contribution is -2.52. The number of hydrogen-bond acceptors (Lipinski definition) is 4. The average molecular weight is 633 g/mol. The van der Waals surface area contributed by atoms with Crippen molar-refractivity contribution in [3.63, 3.8) is 0 Å². The van der Waals surface area contributed by atoms with Crippen molar-refractivity contribution in [2.24, 2.45) is 0 Å². The summed E-state index contributed by atoms with van der Waals surface area (Å²) in [7, 11) is -4.16. The molecule has 3 aromatic carbocycles. The number of carbonyl (C=O) groups is 2. The third kappa shape index (κ3) is 8.06. The Morgan fingerprint density at radius 3 is 2.12 bits per heavy atom. The highest BCUT2D eigenvalue weighted by molar-refractivity contribution is 7.92. The van der Waals surface area contributed by atoms with E-state index in [1.54, 1.807) is 42.5 Å². The summed E-state index contributed by atoms with van der Waals surface area (Å²) in [6.07, 6.45) is 2.00. The van der Waals surface area contributed by atoms with Gasteiger partial charge in [0.2, 0.25) is 11.8 Å². The van der Waals surface area contributed by atoms with Gasteiger partial charge in [-0.1, -0.05) is 73.3 Å². The summed E-state index contributed by atoms with van der Waals surface area (Å²) in [5.41, 5.74) is 3.61. The van der Waals surface area contributed by atoms with Crippen LogP contribution in [-0.2, 0) is 26.2 Å². The molecule has 0 fully saturated rings. The van der Waals surface area contributed by atoms with Crippen LogP contribution in [0.3, 0.4) is 0 Å². The molecule has 2 amide bonds. The van der Waals surface area contributed by atoms with E-state index in [0.29, 0.717) is 34.3 Å². The van der Waals surface area contributed by atoms with E-state index in [9.17, 15) is 18.0 Å². The zero-order valence-electron chi connectivity index (χ0n) is 24.8. The predicted octanol–water partition coefficient (Wildman–Crippen LogP) is 6.84. The van der Waals surface area contributed by atoms with Crippen LogP contribution in [0.15, 0.2) is 65.6 Å². The normalized spacial score (nSPS) is 12.1. The van der Waals surface area contributed by atoms with Crippen LogP contribution in [0.5, 0.6) is 0 Å². The summed E-state index contributed by atoms with van der Waals surface area (Å²) in [6, 6.07) is 15.9. The molecule has 0 saturated heterocycles. The topological polar surface area (TPSA) is 86.8 Å². The molecular weight excluding hydrogens is 593 g/mol. The molecule has 0 aliphatic heterocycles. The van der Waals surface area contributed by atoms with Crippen LogP contribution in [0, 0.1) is 20.8 Å². The molecule has 3 rings (SSSR count). The highest BCUT2D eigenvalue weighted by Crippen LogP contribution is 2.29. The van der Waals surface area contributed by atoms with Crippen LogP contribution >= 0.6 is 23.2 Å². The number of sulfonamides is 1. The van der Waals surface area contributed by atoms with Gasteiger partial charge in [0.1, 0.15) is 12.6 Å². The lowest BCUT2D eigenvalue weighted by Gasteiger charge is -2.33. The van der Waals surface area contributed by atoms with Gasteiger partial charge in [-0.2, -0.15) is 0 Å². The molecule has 42 heavy (non-hydrogen) atoms. The third-order valence-corrected chi connectivity index (χ3v) is 9.77. The molecule has 0 aliphatic carbocycles. The number of benzene rings is 3. The molecule has 0 bridgehead atoms. The van der Waals surface area contributed by atoms with Crippen LogP contribution in [-0.4, -0.2) is 44.3 Å². The molecular formula is C32H39Cl2N3O4S. The first-order valence-corrected chi connectivity index (χ1v) is 16.3. The maximum absolute atomic E-state index is 14.2. The number of hydrogen-bond donors (Lipinski definition) is 1. The fraction of sp³-hybridized carbons (Fsp3) is 0.375. The Morgan fingerprint density at radius 2 is 1.55 bits per heavy atom. The maximum Gasteiger partial charge on any atom is 0.264 e. The number of unbranched alkanes of at least 4 members (excludes halogenated alkanes) is 1. The number of carbonyl (C=O) groups excluding carboxylic acids is 2. The number of nitrogens with one attached hydrogen (secondary N) is 1. The van der Waals surface area contributed by atoms with Gasteiger partial charge in [-0.05, 0) is 81.1 Å². The van der Waals surface area contributed by atoms with Gasteiger partial charge in [-0.25, -0.2) is 8.42 Å². The van der Waals surface area contributed by atoms with E-state index in [2.05, 4.69) is 5.32 Å². The minimum atomic E-state index is -4.16. The fourth-order valence-corrected chi connectivity index (χ4v) is 6.45. The summed E-state index contributed by atoms with van der Waals surface area (Å²) in [4.78, 5) is 29.0. The molecule has 3 aromatic rings. The van der Waals surface area contributed by atoms with Gasteiger partial charge in [0.25, 0.3) is 10.0 Å². The average Bonchev–Trinajstić information content (AvgIpc) is 2.95. The van der Waals surface area contributed by atoms with Gasteiger partial charge in [-0.15, -0.1) is 0 Å². The Balaban J connectivity index is 2.10. The van der Waals surface area contributed by atoms with Gasteiger partial charge in [0.15, 0.2) is 0 Å². The zero-order chi connectivity index (χ0) is 31.0. The van der Waals surface area contributed by atoms with Crippen molar-refractivity contribution >= 4 is 50.7 Å². The van der Waals surface area contributed by atoms with Gasteiger partial charge < -0.3 is 10.2 Å². The van der Waals surface area contributed by atoms with Crippen LogP contribution < -0.4 is 9.62 Å². The van der Waals surface area contributed by atoms with Crippen LogP contribution in [0.25, 0.3) is 0 Å². The van der Waals surface area contributed by atoms with Gasteiger partial charge >= 0.3 is 0 Å². The van der Waals surface area contributed by atoms with E-state index in [1.807, 2.05) is 40.7 Å². The van der Waals surface area contributed by atoms with E-state index < -0.39 is 28.5 Å². The molecule has 1 unspecified atom stereocenters. The molecule has 0 aromatic heterocycles. The Morgan fingerprint density at radius 1 is 0.905 bits per heavy atom. The van der Waals surface area contributed by atoms with Crippen molar-refractivity contribution in [3.05, 3.63) is 93.0 Å². The van der Waals surface area contributed by atoms with Crippen molar-refractivity contribution in [1.29, 1.82) is 0 Å². The molecule has 1 atom stereocenters. The second-order valence-electron chi connectivity index (χ2n) is 10.4. The maximum atomic E-state index is 14.2. The number of rotatable bonds is 13. The van der Waals surface area contributed by atoms with Crippen molar-refractivity contribution in [2.75, 3.05) is 17.4 Å². The van der Waals surface area contributed by atoms with Crippen molar-refractivity contribution in [2.45, 2.75) is 71.4 Å². The van der Waals surface area contributed by atoms with Crippen molar-refractivity contribution in [1.82, 2.24) is 10.2 Å². The molecule has 226 valence electrons. The van der Waals surface area contributed by atoms with E-state index in [0.717, 1.165) is 33.8 Å². The Labute approximate surface area is 259 Å². The summed E-state index contributed by atoms with van der Waals surface area (Å²) >= 11 is 13.0. The van der Waals surface area contributed by atoms with Crippen LogP contribution in [0.4, 0.5) is 5.69 Å². The SMILES string of the molecule is CCCCNC(=O)C(CC)N(Cc1c(Cl)cccc1Cl)C(=O)CN(c1ccc(C)c(C)c1)S(=O)(=O)c1ccc(C)cc1. The van der Waals surface area contributed by atoms with E-state index in [1.165, 1.54) is 17.0 Å². The highest BCUT2D eigenvalue weighted by Gasteiger charge is 2.34. The first-order chi connectivity index (χ1) is 19.9. The quantitative estimate of drug-likeness (QED) is 0.209. The number of amides is 2. The minimum Gasteiger partial charge on any atom is -0.354 e. The second-order valence-corrected chi connectivity index (χ2v) is 13.1. The summed E-state index contributed by atoms with van der Waals surface area (Å²) in [5.74, 6) is -0.876. The largest absolute Gasteiger partial charge is 0.354 e. The smallest absolute Gasteiger partial charge is 0.264 e. The van der Waals surface area contributed by atoms with Gasteiger partial charge in [0.05, 0.1) is 10.6 Å². The fourth-order valence-electron chi connectivity index (χ4n) is 4.53. The van der Waals surface area contributed by atoms with Gasteiger partial charge in [0, 0.05) is 28.7 Å². The van der Waals surface area contributed by atoms with Gasteiger partial charge in [-0.3, -0.25) is 13.9 Å². The van der Waals surface area contributed by atoms with Crippen molar-refractivity contribution < 1.29 is 18.0 Å². The first-order valence-electron chi connectivity index (χ1n) is 14.1.